The summed E-state index contributed by atoms with van der Waals surface area (Å²) in [6, 6.07) is 0. The van der Waals surface area contributed by atoms with Gasteiger partial charge in [-0.05, 0) is 18.1 Å². The standard InChI is InChI=1S/C5H9ClS/c1-3-5(6)4-7-2/h4H,3H2,1-2H3/b5-4+. The Balaban J connectivity index is 3.29. The molecule has 0 aliphatic rings. The SMILES string of the molecule is CC/C(Cl)=C\SC. The van der Waals surface area contributed by atoms with E-state index in [4.69, 9.17) is 11.6 Å². The molecule has 0 heterocycles. The van der Waals surface area contributed by atoms with Gasteiger partial charge in [0.1, 0.15) is 0 Å². The average molecular weight is 137 g/mol. The van der Waals surface area contributed by atoms with Crippen molar-refractivity contribution in [3.63, 3.8) is 0 Å². The molecule has 0 rings (SSSR count). The number of halogens is 1. The predicted molar refractivity (Wildman–Crippen MR) is 37.7 cm³/mol. The minimum Gasteiger partial charge on any atom is -0.136 e. The Morgan fingerprint density at radius 1 is 1.86 bits per heavy atom. The summed E-state index contributed by atoms with van der Waals surface area (Å²) in [5.41, 5.74) is 0. The fourth-order valence-corrected chi connectivity index (χ4v) is 0.901. The molecular formula is C5H9ClS. The number of hydrogen-bond acceptors (Lipinski definition) is 1. The maximum atomic E-state index is 5.61. The molecule has 7 heavy (non-hydrogen) atoms. The zero-order valence-electron chi connectivity index (χ0n) is 4.57. The van der Waals surface area contributed by atoms with Gasteiger partial charge in [-0.2, -0.15) is 0 Å². The van der Waals surface area contributed by atoms with Crippen LogP contribution in [-0.4, -0.2) is 6.26 Å². The van der Waals surface area contributed by atoms with Crippen molar-refractivity contribution >= 4 is 23.4 Å². The fraction of sp³-hybridized carbons (Fsp3) is 0.600. The van der Waals surface area contributed by atoms with Crippen LogP contribution in [0.4, 0.5) is 0 Å². The van der Waals surface area contributed by atoms with Gasteiger partial charge in [-0.3, -0.25) is 0 Å². The van der Waals surface area contributed by atoms with Crippen molar-refractivity contribution in [3.05, 3.63) is 10.4 Å². The average Bonchev–Trinajstić information content (AvgIpc) is 1.68. The predicted octanol–water partition coefficient (Wildman–Crippen LogP) is 2.84. The highest BCUT2D eigenvalue weighted by atomic mass is 35.5. The summed E-state index contributed by atoms with van der Waals surface area (Å²) in [5, 5.41) is 2.88. The quantitative estimate of drug-likeness (QED) is 0.563. The molecule has 0 aromatic heterocycles. The Hall–Kier alpha value is 0.380. The summed E-state index contributed by atoms with van der Waals surface area (Å²) in [5.74, 6) is 0. The molecule has 0 aliphatic heterocycles. The van der Waals surface area contributed by atoms with Gasteiger partial charge in [-0.1, -0.05) is 18.5 Å². The second-order valence-corrected chi connectivity index (χ2v) is 2.35. The molecule has 2 heteroatoms. The summed E-state index contributed by atoms with van der Waals surface area (Å²) in [6.07, 6.45) is 2.94. The van der Waals surface area contributed by atoms with Crippen LogP contribution in [0.25, 0.3) is 0 Å². The van der Waals surface area contributed by atoms with Crippen LogP contribution >= 0.6 is 23.4 Å². The van der Waals surface area contributed by atoms with Gasteiger partial charge in [0.05, 0.1) is 0 Å². The minimum atomic E-state index is 0.938. The molecule has 42 valence electrons. The summed E-state index contributed by atoms with van der Waals surface area (Å²) >= 11 is 7.25. The van der Waals surface area contributed by atoms with Crippen LogP contribution in [0.15, 0.2) is 10.4 Å². The minimum absolute atomic E-state index is 0.938. The van der Waals surface area contributed by atoms with E-state index in [-0.39, 0.29) is 0 Å². The van der Waals surface area contributed by atoms with Gasteiger partial charge in [0.15, 0.2) is 0 Å². The smallest absolute Gasteiger partial charge is 0.0241 e. The third-order valence-corrected chi connectivity index (χ3v) is 1.61. The Morgan fingerprint density at radius 3 is 2.57 bits per heavy atom. The molecule has 0 aliphatic carbocycles. The Bertz CT molecular complexity index is 68.5. The van der Waals surface area contributed by atoms with E-state index < -0.39 is 0 Å². The third-order valence-electron chi connectivity index (χ3n) is 0.583. The molecule has 0 aromatic carbocycles. The van der Waals surface area contributed by atoms with Crippen LogP contribution in [-0.2, 0) is 0 Å². The van der Waals surface area contributed by atoms with Crippen LogP contribution in [0, 0.1) is 0 Å². The first-order valence-electron chi connectivity index (χ1n) is 2.18. The Labute approximate surface area is 53.9 Å². The molecule has 0 atom stereocenters. The van der Waals surface area contributed by atoms with Crippen molar-refractivity contribution in [2.24, 2.45) is 0 Å². The van der Waals surface area contributed by atoms with E-state index in [1.807, 2.05) is 18.6 Å². The molecule has 0 spiro atoms. The molecule has 0 nitrogen and oxygen atoms in total. The van der Waals surface area contributed by atoms with Gasteiger partial charge in [0.25, 0.3) is 0 Å². The van der Waals surface area contributed by atoms with Crippen molar-refractivity contribution in [1.29, 1.82) is 0 Å². The molecular weight excluding hydrogens is 128 g/mol. The normalized spacial score (nSPS) is 12.1. The molecule has 0 unspecified atom stereocenters. The zero-order chi connectivity index (χ0) is 5.70. The first-order valence-corrected chi connectivity index (χ1v) is 3.85. The van der Waals surface area contributed by atoms with Crippen molar-refractivity contribution < 1.29 is 0 Å². The third kappa shape index (κ3) is 4.23. The van der Waals surface area contributed by atoms with Crippen molar-refractivity contribution in [2.75, 3.05) is 6.26 Å². The summed E-state index contributed by atoms with van der Waals surface area (Å²) in [4.78, 5) is 0. The lowest BCUT2D eigenvalue weighted by atomic mass is 10.5. The van der Waals surface area contributed by atoms with Gasteiger partial charge < -0.3 is 0 Å². The molecule has 0 radical (unpaired) electrons. The first-order chi connectivity index (χ1) is 3.31. The second kappa shape index (κ2) is 4.54. The van der Waals surface area contributed by atoms with E-state index in [1.165, 1.54) is 0 Å². The Morgan fingerprint density at radius 2 is 2.43 bits per heavy atom. The topological polar surface area (TPSA) is 0 Å². The highest BCUT2D eigenvalue weighted by molar-refractivity contribution is 8.01. The highest BCUT2D eigenvalue weighted by Gasteiger charge is 1.80. The van der Waals surface area contributed by atoms with Crippen LogP contribution in [0.1, 0.15) is 13.3 Å². The van der Waals surface area contributed by atoms with E-state index >= 15 is 0 Å². The number of allylic oxidation sites excluding steroid dienone is 1. The molecule has 0 fully saturated rings. The maximum absolute atomic E-state index is 5.61. The fourth-order valence-electron chi connectivity index (χ4n) is 0.211. The lowest BCUT2D eigenvalue weighted by Gasteiger charge is -1.85. The van der Waals surface area contributed by atoms with Gasteiger partial charge in [-0.15, -0.1) is 11.8 Å². The summed E-state index contributed by atoms with van der Waals surface area (Å²) < 4.78 is 0. The molecule has 0 amide bonds. The number of hydrogen-bond donors (Lipinski definition) is 0. The van der Waals surface area contributed by atoms with Crippen molar-refractivity contribution in [1.82, 2.24) is 0 Å². The first kappa shape index (κ1) is 7.38. The van der Waals surface area contributed by atoms with Crippen LogP contribution in [0.2, 0.25) is 0 Å². The van der Waals surface area contributed by atoms with E-state index in [2.05, 4.69) is 0 Å². The highest BCUT2D eigenvalue weighted by Crippen LogP contribution is 2.10. The molecule has 0 saturated heterocycles. The second-order valence-electron chi connectivity index (χ2n) is 1.15. The molecule has 0 aromatic rings. The summed E-state index contributed by atoms with van der Waals surface area (Å²) in [7, 11) is 0. The maximum Gasteiger partial charge on any atom is 0.0241 e. The van der Waals surface area contributed by atoms with E-state index in [0.29, 0.717) is 0 Å². The molecule has 0 N–H and O–H groups in total. The Kier molecular flexibility index (Phi) is 4.78. The summed E-state index contributed by atoms with van der Waals surface area (Å²) in [6.45, 7) is 2.04. The molecule has 0 bridgehead atoms. The largest absolute Gasteiger partial charge is 0.136 e. The zero-order valence-corrected chi connectivity index (χ0v) is 6.14. The van der Waals surface area contributed by atoms with E-state index in [1.54, 1.807) is 11.8 Å². The lowest BCUT2D eigenvalue weighted by molar-refractivity contribution is 1.20. The van der Waals surface area contributed by atoms with Crippen LogP contribution in [0.3, 0.4) is 0 Å². The van der Waals surface area contributed by atoms with Crippen LogP contribution < -0.4 is 0 Å². The lowest BCUT2D eigenvalue weighted by Crippen LogP contribution is -1.60. The van der Waals surface area contributed by atoms with Crippen molar-refractivity contribution in [2.45, 2.75) is 13.3 Å². The van der Waals surface area contributed by atoms with E-state index in [0.717, 1.165) is 11.5 Å². The monoisotopic (exact) mass is 136 g/mol. The van der Waals surface area contributed by atoms with Crippen molar-refractivity contribution in [3.8, 4) is 0 Å². The van der Waals surface area contributed by atoms with Gasteiger partial charge in [0, 0.05) is 5.03 Å². The van der Waals surface area contributed by atoms with Crippen LogP contribution in [0.5, 0.6) is 0 Å². The van der Waals surface area contributed by atoms with Gasteiger partial charge in [0.2, 0.25) is 0 Å². The number of thioether (sulfide) groups is 1. The number of rotatable bonds is 2. The van der Waals surface area contributed by atoms with Gasteiger partial charge >= 0.3 is 0 Å². The van der Waals surface area contributed by atoms with Gasteiger partial charge in [-0.25, -0.2) is 0 Å². The van der Waals surface area contributed by atoms with E-state index in [9.17, 15) is 0 Å². The molecule has 0 saturated carbocycles.